The lowest BCUT2D eigenvalue weighted by Gasteiger charge is -2.38. The lowest BCUT2D eigenvalue weighted by atomic mass is 9.73. The summed E-state index contributed by atoms with van der Waals surface area (Å²) in [5.41, 5.74) is 0.314. The zero-order chi connectivity index (χ0) is 29.6. The van der Waals surface area contributed by atoms with E-state index in [1.165, 1.54) is 0 Å². The van der Waals surface area contributed by atoms with Crippen LogP contribution in [0.3, 0.4) is 0 Å². The van der Waals surface area contributed by atoms with Crippen molar-refractivity contribution in [3.05, 3.63) is 40.9 Å². The average molecular weight is 599 g/mol. The highest BCUT2D eigenvalue weighted by atomic mass is 35.5. The number of fused-ring (bicyclic) bond motifs is 1. The minimum atomic E-state index is -1.17. The van der Waals surface area contributed by atoms with Crippen LogP contribution in [0.25, 0.3) is 0 Å². The minimum Gasteiger partial charge on any atom is -0.379 e. The van der Waals surface area contributed by atoms with E-state index in [0.29, 0.717) is 42.3 Å². The second kappa shape index (κ2) is 11.9. The number of hydrogen-bond donors (Lipinski definition) is 2. The number of carbonyl (C=O) groups excluding carboxylic acids is 3. The van der Waals surface area contributed by atoms with Gasteiger partial charge in [0.15, 0.2) is 0 Å². The Balaban J connectivity index is 1.25. The Labute approximate surface area is 253 Å². The van der Waals surface area contributed by atoms with E-state index in [1.54, 1.807) is 17.0 Å². The van der Waals surface area contributed by atoms with Crippen molar-refractivity contribution in [2.24, 2.45) is 23.7 Å². The SMILES string of the molecule is Cc1ccc(NC(=O)[C@@H]2[C@@H]3C=C[C@]4(O3)[C@@H]2C(=O)N(CCCN2CCOCC2)[C@H]4C(=O)N[C@@H]2CCC[C@H](C)[C@@H]2C)cc1Cl. The van der Waals surface area contributed by atoms with Crippen LogP contribution in [0.15, 0.2) is 30.4 Å². The molecule has 4 fully saturated rings. The number of anilines is 1. The monoisotopic (exact) mass is 598 g/mol. The van der Waals surface area contributed by atoms with E-state index in [2.05, 4.69) is 29.4 Å². The minimum absolute atomic E-state index is 0.0509. The molecule has 0 unspecified atom stereocenters. The molecule has 2 bridgehead atoms. The third-order valence-corrected chi connectivity index (χ3v) is 10.8. The van der Waals surface area contributed by atoms with Gasteiger partial charge in [-0.2, -0.15) is 0 Å². The first-order valence-electron chi connectivity index (χ1n) is 15.5. The summed E-state index contributed by atoms with van der Waals surface area (Å²) in [5.74, 6) is -1.30. The van der Waals surface area contributed by atoms with Gasteiger partial charge in [0, 0.05) is 42.9 Å². The molecule has 1 aromatic carbocycles. The molecule has 6 rings (SSSR count). The predicted octanol–water partition coefficient (Wildman–Crippen LogP) is 3.40. The fourth-order valence-electron chi connectivity index (χ4n) is 7.74. The molecular formula is C32H43ClN4O5. The molecule has 1 aliphatic carbocycles. The van der Waals surface area contributed by atoms with Crippen LogP contribution in [0.2, 0.25) is 5.02 Å². The van der Waals surface area contributed by atoms with Crippen LogP contribution in [0.4, 0.5) is 5.69 Å². The summed E-state index contributed by atoms with van der Waals surface area (Å²) in [6.45, 7) is 10.7. The second-order valence-electron chi connectivity index (χ2n) is 12.9. The Morgan fingerprint density at radius 1 is 1.12 bits per heavy atom. The van der Waals surface area contributed by atoms with Crippen molar-refractivity contribution in [3.8, 4) is 0 Å². The van der Waals surface area contributed by atoms with Gasteiger partial charge in [-0.25, -0.2) is 0 Å². The van der Waals surface area contributed by atoms with Gasteiger partial charge >= 0.3 is 0 Å². The zero-order valence-electron chi connectivity index (χ0n) is 24.8. The number of likely N-dealkylation sites (tertiary alicyclic amines) is 1. The highest BCUT2D eigenvalue weighted by Gasteiger charge is 2.72. The van der Waals surface area contributed by atoms with Crippen molar-refractivity contribution in [1.29, 1.82) is 0 Å². The van der Waals surface area contributed by atoms with E-state index in [0.717, 1.165) is 50.9 Å². The Morgan fingerprint density at radius 3 is 2.67 bits per heavy atom. The van der Waals surface area contributed by atoms with E-state index in [4.69, 9.17) is 21.1 Å². The van der Waals surface area contributed by atoms with Crippen LogP contribution in [-0.2, 0) is 23.9 Å². The molecular weight excluding hydrogens is 556 g/mol. The summed E-state index contributed by atoms with van der Waals surface area (Å²) < 4.78 is 12.0. The van der Waals surface area contributed by atoms with Gasteiger partial charge in [0.2, 0.25) is 17.7 Å². The Kier molecular flexibility index (Phi) is 8.39. The quantitative estimate of drug-likeness (QED) is 0.445. The smallest absolute Gasteiger partial charge is 0.246 e. The van der Waals surface area contributed by atoms with Crippen LogP contribution in [0.5, 0.6) is 0 Å². The molecule has 1 saturated carbocycles. The molecule has 3 amide bonds. The fraction of sp³-hybridized carbons (Fsp3) is 0.656. The van der Waals surface area contributed by atoms with Gasteiger partial charge in [0.1, 0.15) is 11.6 Å². The zero-order valence-corrected chi connectivity index (χ0v) is 25.6. The lowest BCUT2D eigenvalue weighted by molar-refractivity contribution is -0.141. The van der Waals surface area contributed by atoms with Crippen molar-refractivity contribution < 1.29 is 23.9 Å². The number of aryl methyl sites for hydroxylation is 1. The number of carbonyl (C=O) groups is 3. The number of nitrogens with one attached hydrogen (secondary N) is 2. The molecule has 1 spiro atoms. The first kappa shape index (κ1) is 29.6. The lowest BCUT2D eigenvalue weighted by Crippen LogP contribution is -2.58. The van der Waals surface area contributed by atoms with E-state index in [9.17, 15) is 14.4 Å². The predicted molar refractivity (Wildman–Crippen MR) is 160 cm³/mol. The summed E-state index contributed by atoms with van der Waals surface area (Å²) in [5, 5.41) is 6.84. The molecule has 4 aliphatic heterocycles. The Bertz CT molecular complexity index is 1250. The number of benzene rings is 1. The highest BCUT2D eigenvalue weighted by Crippen LogP contribution is 2.55. The molecule has 0 radical (unpaired) electrons. The van der Waals surface area contributed by atoms with Crippen molar-refractivity contribution in [2.75, 3.05) is 44.7 Å². The molecule has 0 aromatic heterocycles. The van der Waals surface area contributed by atoms with E-state index in [1.807, 2.05) is 25.1 Å². The summed E-state index contributed by atoms with van der Waals surface area (Å²) in [6.07, 6.45) is 7.05. The topological polar surface area (TPSA) is 100 Å². The standard InChI is InChI=1S/C32H43ClN4O5/c1-19-6-4-7-24(21(19)3)35-30(39)28-32-11-10-25(42-32)26(29(38)34-22-9-8-20(2)23(33)18-22)27(32)31(40)37(28)13-5-12-36-14-16-41-17-15-36/h8-11,18-19,21,24-28H,4-7,12-17H2,1-3H3,(H,34,38)(H,35,39)/t19-,21-,24+,25-,26+,27-,28-,32-/m0/s1. The van der Waals surface area contributed by atoms with Gasteiger partial charge in [-0.3, -0.25) is 19.3 Å². The summed E-state index contributed by atoms with van der Waals surface area (Å²) in [4.78, 5) is 46.2. The molecule has 4 heterocycles. The molecule has 5 aliphatic rings. The summed E-state index contributed by atoms with van der Waals surface area (Å²) in [6, 6.07) is 4.59. The normalized spacial score (nSPS) is 35.9. The van der Waals surface area contributed by atoms with Gasteiger partial charge < -0.3 is 25.0 Å². The van der Waals surface area contributed by atoms with Gasteiger partial charge in [0.05, 0.1) is 31.2 Å². The average Bonchev–Trinajstić information content (AvgIpc) is 3.61. The van der Waals surface area contributed by atoms with Gasteiger partial charge in [-0.1, -0.05) is 56.5 Å². The van der Waals surface area contributed by atoms with E-state index >= 15 is 0 Å². The number of amides is 3. The number of hydrogen-bond acceptors (Lipinski definition) is 6. The van der Waals surface area contributed by atoms with Crippen molar-refractivity contribution in [2.45, 2.75) is 70.2 Å². The van der Waals surface area contributed by atoms with Gasteiger partial charge in [0.25, 0.3) is 0 Å². The van der Waals surface area contributed by atoms with E-state index in [-0.39, 0.29) is 23.8 Å². The maximum atomic E-state index is 14.2. The molecule has 2 N–H and O–H groups in total. The van der Waals surface area contributed by atoms with Gasteiger partial charge in [-0.15, -0.1) is 0 Å². The van der Waals surface area contributed by atoms with E-state index < -0.39 is 29.6 Å². The molecule has 42 heavy (non-hydrogen) atoms. The first-order valence-corrected chi connectivity index (χ1v) is 15.9. The van der Waals surface area contributed by atoms with Crippen molar-refractivity contribution in [1.82, 2.24) is 15.1 Å². The third-order valence-electron chi connectivity index (χ3n) is 10.4. The molecule has 228 valence electrons. The summed E-state index contributed by atoms with van der Waals surface area (Å²) in [7, 11) is 0. The van der Waals surface area contributed by atoms with Crippen LogP contribution < -0.4 is 10.6 Å². The molecule has 10 heteroatoms. The maximum absolute atomic E-state index is 14.2. The highest BCUT2D eigenvalue weighted by molar-refractivity contribution is 6.31. The third kappa shape index (κ3) is 5.27. The van der Waals surface area contributed by atoms with Crippen LogP contribution >= 0.6 is 11.6 Å². The fourth-order valence-corrected chi connectivity index (χ4v) is 7.92. The summed E-state index contributed by atoms with van der Waals surface area (Å²) >= 11 is 6.31. The first-order chi connectivity index (χ1) is 20.2. The number of morpholine rings is 1. The van der Waals surface area contributed by atoms with Crippen molar-refractivity contribution in [3.63, 3.8) is 0 Å². The Morgan fingerprint density at radius 2 is 1.90 bits per heavy atom. The van der Waals surface area contributed by atoms with Crippen LogP contribution in [0, 0.1) is 30.6 Å². The van der Waals surface area contributed by atoms with Crippen LogP contribution in [0.1, 0.15) is 45.1 Å². The number of ether oxygens (including phenoxy) is 2. The van der Waals surface area contributed by atoms with Gasteiger partial charge in [-0.05, 0) is 49.3 Å². The molecule has 8 atom stereocenters. The maximum Gasteiger partial charge on any atom is 0.246 e. The number of halogens is 1. The Hall–Kier alpha value is -2.46. The number of rotatable bonds is 8. The molecule has 3 saturated heterocycles. The molecule has 9 nitrogen and oxygen atoms in total. The number of nitrogens with zero attached hydrogens (tertiary/aromatic N) is 2. The van der Waals surface area contributed by atoms with Crippen LogP contribution in [-0.4, -0.2) is 90.7 Å². The molecule has 1 aromatic rings. The largest absolute Gasteiger partial charge is 0.379 e. The van der Waals surface area contributed by atoms with Crippen molar-refractivity contribution >= 4 is 35.0 Å². The second-order valence-corrected chi connectivity index (χ2v) is 13.3.